The van der Waals surface area contributed by atoms with E-state index in [9.17, 15) is 0 Å². The van der Waals surface area contributed by atoms with Crippen LogP contribution in [0.15, 0.2) is 0 Å². The Morgan fingerprint density at radius 2 is 1.67 bits per heavy atom. The van der Waals surface area contributed by atoms with E-state index in [1.807, 2.05) is 0 Å². The fourth-order valence-corrected chi connectivity index (χ4v) is 2.62. The fourth-order valence-electron chi connectivity index (χ4n) is 1.42. The molecular formula is C10H26N2O2Si. The minimum Gasteiger partial charge on any atom is -0.400 e. The second-order valence-corrected chi connectivity index (χ2v) is 6.02. The van der Waals surface area contributed by atoms with E-state index in [0.29, 0.717) is 0 Å². The highest BCUT2D eigenvalue weighted by Gasteiger charge is 2.07. The van der Waals surface area contributed by atoms with E-state index in [4.69, 9.17) is 14.6 Å². The lowest BCUT2D eigenvalue weighted by Crippen LogP contribution is -2.22. The summed E-state index contributed by atoms with van der Waals surface area (Å²) in [5, 5.41) is 3.42. The largest absolute Gasteiger partial charge is 0.400 e. The van der Waals surface area contributed by atoms with Gasteiger partial charge in [0.1, 0.15) is 0 Å². The molecule has 0 aromatic heterocycles. The molecule has 0 saturated carbocycles. The van der Waals surface area contributed by atoms with Crippen molar-refractivity contribution in [1.29, 1.82) is 0 Å². The second-order valence-electron chi connectivity index (χ2n) is 3.64. The smallest absolute Gasteiger partial charge is 0.320 e. The SMILES string of the molecule is CO[SiH](CCCNCCCCCN)OC. The molecule has 0 radical (unpaired) electrons. The molecule has 5 heteroatoms. The molecule has 15 heavy (non-hydrogen) atoms. The second kappa shape index (κ2) is 12.1. The van der Waals surface area contributed by atoms with Gasteiger partial charge in [-0.25, -0.2) is 0 Å². The van der Waals surface area contributed by atoms with Crippen molar-refractivity contribution in [3.8, 4) is 0 Å². The van der Waals surface area contributed by atoms with Crippen LogP contribution < -0.4 is 11.1 Å². The van der Waals surface area contributed by atoms with Gasteiger partial charge in [0.15, 0.2) is 0 Å². The van der Waals surface area contributed by atoms with Gasteiger partial charge in [0.05, 0.1) is 0 Å². The molecule has 0 aromatic rings. The average molecular weight is 234 g/mol. The predicted molar refractivity (Wildman–Crippen MR) is 66.4 cm³/mol. The fraction of sp³-hybridized carbons (Fsp3) is 1.00. The number of rotatable bonds is 11. The van der Waals surface area contributed by atoms with Gasteiger partial charge in [-0.05, 0) is 44.9 Å². The molecule has 4 nitrogen and oxygen atoms in total. The molecule has 3 N–H and O–H groups in total. The van der Waals surface area contributed by atoms with Crippen LogP contribution in [0, 0.1) is 0 Å². The van der Waals surface area contributed by atoms with Crippen molar-refractivity contribution in [2.24, 2.45) is 5.73 Å². The monoisotopic (exact) mass is 234 g/mol. The molecule has 0 bridgehead atoms. The summed E-state index contributed by atoms with van der Waals surface area (Å²) in [6.07, 6.45) is 4.75. The van der Waals surface area contributed by atoms with Crippen LogP contribution in [-0.2, 0) is 8.85 Å². The third-order valence-corrected chi connectivity index (χ3v) is 4.31. The topological polar surface area (TPSA) is 56.5 Å². The summed E-state index contributed by atoms with van der Waals surface area (Å²) in [5.41, 5.74) is 5.41. The number of unbranched alkanes of at least 4 members (excludes halogenated alkanes) is 2. The Kier molecular flexibility index (Phi) is 12.2. The van der Waals surface area contributed by atoms with Crippen molar-refractivity contribution in [2.75, 3.05) is 33.9 Å². The van der Waals surface area contributed by atoms with Crippen molar-refractivity contribution >= 4 is 9.28 Å². The van der Waals surface area contributed by atoms with Crippen molar-refractivity contribution in [1.82, 2.24) is 5.32 Å². The lowest BCUT2D eigenvalue weighted by molar-refractivity contribution is 0.276. The zero-order valence-electron chi connectivity index (χ0n) is 10.1. The first-order chi connectivity index (χ1) is 7.35. The molecule has 0 aliphatic rings. The van der Waals surface area contributed by atoms with E-state index >= 15 is 0 Å². The van der Waals surface area contributed by atoms with Crippen LogP contribution in [-0.4, -0.2) is 43.1 Å². The summed E-state index contributed by atoms with van der Waals surface area (Å²) in [6.45, 7) is 2.99. The number of nitrogens with one attached hydrogen (secondary N) is 1. The van der Waals surface area contributed by atoms with Crippen LogP contribution in [0.1, 0.15) is 25.7 Å². The summed E-state index contributed by atoms with van der Waals surface area (Å²) in [7, 11) is 2.15. The third-order valence-electron chi connectivity index (χ3n) is 2.38. The van der Waals surface area contributed by atoms with E-state index < -0.39 is 9.28 Å². The molecule has 0 aromatic carbocycles. The van der Waals surface area contributed by atoms with Crippen molar-refractivity contribution < 1.29 is 8.85 Å². The minimum absolute atomic E-state index is 0.814. The highest BCUT2D eigenvalue weighted by Crippen LogP contribution is 1.98. The zero-order valence-corrected chi connectivity index (χ0v) is 11.3. The van der Waals surface area contributed by atoms with Crippen LogP contribution in [0.25, 0.3) is 0 Å². The molecule has 0 unspecified atom stereocenters. The summed E-state index contributed by atoms with van der Waals surface area (Å²) in [5.74, 6) is 0. The average Bonchev–Trinajstić information content (AvgIpc) is 2.27. The van der Waals surface area contributed by atoms with Crippen LogP contribution >= 0.6 is 0 Å². The standard InChI is InChI=1S/C10H26N2O2Si/c1-13-15(14-2)10-6-9-12-8-5-3-4-7-11/h12,15H,3-11H2,1-2H3. The van der Waals surface area contributed by atoms with E-state index in [1.165, 1.54) is 12.8 Å². The maximum absolute atomic E-state index is 5.41. The molecule has 0 saturated heterocycles. The van der Waals surface area contributed by atoms with Crippen LogP contribution in [0.3, 0.4) is 0 Å². The summed E-state index contributed by atoms with van der Waals surface area (Å²) >= 11 is 0. The van der Waals surface area contributed by atoms with E-state index in [-0.39, 0.29) is 0 Å². The van der Waals surface area contributed by atoms with Crippen LogP contribution in [0.2, 0.25) is 6.04 Å². The Hall–Kier alpha value is 0.0569. The Morgan fingerprint density at radius 1 is 1.00 bits per heavy atom. The third kappa shape index (κ3) is 10.3. The van der Waals surface area contributed by atoms with Crippen molar-refractivity contribution in [3.63, 3.8) is 0 Å². The lowest BCUT2D eigenvalue weighted by Gasteiger charge is -2.10. The van der Waals surface area contributed by atoms with E-state index in [2.05, 4.69) is 5.32 Å². The van der Waals surface area contributed by atoms with Crippen LogP contribution in [0.5, 0.6) is 0 Å². The molecule has 0 aliphatic carbocycles. The highest BCUT2D eigenvalue weighted by molar-refractivity contribution is 6.44. The minimum atomic E-state index is -1.32. The van der Waals surface area contributed by atoms with Gasteiger partial charge in [0, 0.05) is 14.2 Å². The summed E-state index contributed by atoms with van der Waals surface area (Å²) in [6, 6.07) is 1.09. The Balaban J connectivity index is 3.04. The maximum atomic E-state index is 5.41. The molecule has 0 spiro atoms. The van der Waals surface area contributed by atoms with Gasteiger partial charge in [-0.15, -0.1) is 0 Å². The Morgan fingerprint density at radius 3 is 2.27 bits per heavy atom. The van der Waals surface area contributed by atoms with Gasteiger partial charge in [0.2, 0.25) is 0 Å². The van der Waals surface area contributed by atoms with Gasteiger partial charge in [-0.1, -0.05) is 6.42 Å². The van der Waals surface area contributed by atoms with Crippen molar-refractivity contribution in [3.05, 3.63) is 0 Å². The van der Waals surface area contributed by atoms with Gasteiger partial charge < -0.3 is 19.9 Å². The Labute approximate surface area is 95.4 Å². The molecule has 0 amide bonds. The molecule has 0 rings (SSSR count). The van der Waals surface area contributed by atoms with Crippen molar-refractivity contribution in [2.45, 2.75) is 31.7 Å². The highest BCUT2D eigenvalue weighted by atomic mass is 28.3. The van der Waals surface area contributed by atoms with E-state index in [1.54, 1.807) is 14.2 Å². The number of nitrogens with two attached hydrogens (primary N) is 1. The molecule has 0 fully saturated rings. The first-order valence-electron chi connectivity index (χ1n) is 5.81. The van der Waals surface area contributed by atoms with Crippen LogP contribution in [0.4, 0.5) is 0 Å². The Bertz CT molecular complexity index is 124. The molecule has 0 atom stereocenters. The quantitative estimate of drug-likeness (QED) is 0.406. The number of hydrogen-bond acceptors (Lipinski definition) is 4. The summed E-state index contributed by atoms with van der Waals surface area (Å²) < 4.78 is 10.5. The molecule has 0 aliphatic heterocycles. The molecular weight excluding hydrogens is 208 g/mol. The van der Waals surface area contributed by atoms with Gasteiger partial charge >= 0.3 is 9.28 Å². The first kappa shape index (κ1) is 15.1. The predicted octanol–water partition coefficient (Wildman–Crippen LogP) is 0.608. The normalized spacial score (nSPS) is 11.2. The molecule has 92 valence electrons. The van der Waals surface area contributed by atoms with Gasteiger partial charge in [-0.2, -0.15) is 0 Å². The zero-order chi connectivity index (χ0) is 11.4. The van der Waals surface area contributed by atoms with Gasteiger partial charge in [0.25, 0.3) is 0 Å². The lowest BCUT2D eigenvalue weighted by atomic mass is 10.2. The van der Waals surface area contributed by atoms with E-state index in [0.717, 1.165) is 38.5 Å². The summed E-state index contributed by atoms with van der Waals surface area (Å²) in [4.78, 5) is 0. The number of hydrogen-bond donors (Lipinski definition) is 2. The maximum Gasteiger partial charge on any atom is 0.320 e. The first-order valence-corrected chi connectivity index (χ1v) is 7.57. The molecule has 0 heterocycles. The van der Waals surface area contributed by atoms with Gasteiger partial charge in [-0.3, -0.25) is 0 Å².